The molecule has 0 aliphatic heterocycles. The van der Waals surface area contributed by atoms with E-state index >= 15 is 0 Å². The van der Waals surface area contributed by atoms with Gasteiger partial charge in [-0.05, 0) is 38.1 Å². The van der Waals surface area contributed by atoms with Gasteiger partial charge >= 0.3 is 0 Å². The molecule has 3 aromatic rings. The lowest BCUT2D eigenvalue weighted by Crippen LogP contribution is -2.37. The number of thiazole rings is 1. The van der Waals surface area contributed by atoms with E-state index in [1.807, 2.05) is 12.3 Å². The summed E-state index contributed by atoms with van der Waals surface area (Å²) in [5.41, 5.74) is 1.33. The first kappa shape index (κ1) is 24.2. The Morgan fingerprint density at radius 1 is 1.27 bits per heavy atom. The predicted molar refractivity (Wildman–Crippen MR) is 127 cm³/mol. The highest BCUT2D eigenvalue weighted by Crippen LogP contribution is 2.37. The van der Waals surface area contributed by atoms with E-state index in [1.165, 1.54) is 53.3 Å². The number of benzene rings is 2. The molecule has 0 aliphatic rings. The van der Waals surface area contributed by atoms with Crippen molar-refractivity contribution in [1.29, 1.82) is 0 Å². The Labute approximate surface area is 198 Å². The second-order valence-electron chi connectivity index (χ2n) is 6.90. The standard InChI is InChI=1S/C22H22N4O5S2/c1-4-25(12-20(27)24-16-6-5-7-17(11-16)31-3)21(28)15-8-9-19(18(10-15)26(29)30)33-22-23-14(2)13-32-22/h5-11,13H,4,12H2,1-3H3,(H,24,27). The lowest BCUT2D eigenvalue weighted by molar-refractivity contribution is -0.387. The van der Waals surface area contributed by atoms with Gasteiger partial charge in [0, 0.05) is 41.0 Å². The Hall–Kier alpha value is -3.44. The molecule has 1 N–H and O–H groups in total. The van der Waals surface area contributed by atoms with Gasteiger partial charge < -0.3 is 15.0 Å². The zero-order valence-electron chi connectivity index (χ0n) is 18.2. The third-order valence-corrected chi connectivity index (χ3v) is 6.68. The Bertz CT molecular complexity index is 1180. The fourth-order valence-electron chi connectivity index (χ4n) is 2.94. The number of anilines is 1. The lowest BCUT2D eigenvalue weighted by atomic mass is 10.1. The van der Waals surface area contributed by atoms with Crippen molar-refractivity contribution >= 4 is 46.3 Å². The maximum Gasteiger partial charge on any atom is 0.284 e. The topological polar surface area (TPSA) is 115 Å². The first-order valence-electron chi connectivity index (χ1n) is 9.92. The molecule has 0 saturated heterocycles. The zero-order chi connectivity index (χ0) is 24.0. The van der Waals surface area contributed by atoms with Gasteiger partial charge in [-0.15, -0.1) is 11.3 Å². The van der Waals surface area contributed by atoms with Crippen molar-refractivity contribution in [3.63, 3.8) is 0 Å². The number of carbonyl (C=O) groups excluding carboxylic acids is 2. The Kier molecular flexibility index (Phi) is 8.01. The SMILES string of the molecule is CCN(CC(=O)Nc1cccc(OC)c1)C(=O)c1ccc(Sc2nc(C)cs2)c([N+](=O)[O-])c1. The summed E-state index contributed by atoms with van der Waals surface area (Å²) in [4.78, 5) is 42.6. The van der Waals surface area contributed by atoms with Crippen LogP contribution in [0.15, 0.2) is 57.1 Å². The number of hydrogen-bond donors (Lipinski definition) is 1. The van der Waals surface area contributed by atoms with E-state index in [0.29, 0.717) is 20.7 Å². The third kappa shape index (κ3) is 6.30. The number of hydrogen-bond acceptors (Lipinski definition) is 8. The molecule has 1 aromatic heterocycles. The van der Waals surface area contributed by atoms with Crippen LogP contribution >= 0.6 is 23.1 Å². The second-order valence-corrected chi connectivity index (χ2v) is 9.04. The molecule has 0 spiro atoms. The minimum Gasteiger partial charge on any atom is -0.497 e. The van der Waals surface area contributed by atoms with E-state index in [0.717, 1.165) is 5.69 Å². The Morgan fingerprint density at radius 3 is 2.70 bits per heavy atom. The number of carbonyl (C=O) groups is 2. The normalized spacial score (nSPS) is 10.5. The number of amides is 2. The van der Waals surface area contributed by atoms with Gasteiger partial charge in [0.15, 0.2) is 4.34 Å². The van der Waals surface area contributed by atoms with Crippen LogP contribution in [0, 0.1) is 17.0 Å². The van der Waals surface area contributed by atoms with E-state index < -0.39 is 10.8 Å². The molecule has 172 valence electrons. The van der Waals surface area contributed by atoms with E-state index in [4.69, 9.17) is 4.74 Å². The van der Waals surface area contributed by atoms with Crippen LogP contribution in [-0.4, -0.2) is 46.8 Å². The van der Waals surface area contributed by atoms with Crippen LogP contribution in [0.1, 0.15) is 23.0 Å². The largest absolute Gasteiger partial charge is 0.497 e. The van der Waals surface area contributed by atoms with Gasteiger partial charge in [0.1, 0.15) is 12.3 Å². The van der Waals surface area contributed by atoms with Gasteiger partial charge in [0.2, 0.25) is 5.91 Å². The number of aryl methyl sites for hydroxylation is 1. The molecule has 0 fully saturated rings. The number of nitrogens with one attached hydrogen (secondary N) is 1. The minimum atomic E-state index is -0.522. The average Bonchev–Trinajstić information content (AvgIpc) is 3.21. The second kappa shape index (κ2) is 10.9. The van der Waals surface area contributed by atoms with Crippen molar-refractivity contribution < 1.29 is 19.2 Å². The Balaban J connectivity index is 1.74. The van der Waals surface area contributed by atoms with Crippen LogP contribution in [0.25, 0.3) is 0 Å². The summed E-state index contributed by atoms with van der Waals surface area (Å²) in [6.45, 7) is 3.64. The molecule has 1 heterocycles. The van der Waals surface area contributed by atoms with Gasteiger partial charge in [0.05, 0.1) is 16.9 Å². The first-order valence-corrected chi connectivity index (χ1v) is 11.6. The summed E-state index contributed by atoms with van der Waals surface area (Å²) in [7, 11) is 1.53. The number of methoxy groups -OCH3 is 1. The monoisotopic (exact) mass is 486 g/mol. The molecular weight excluding hydrogens is 464 g/mol. The zero-order valence-corrected chi connectivity index (χ0v) is 19.9. The molecule has 0 unspecified atom stereocenters. The van der Waals surface area contributed by atoms with Crippen molar-refractivity contribution in [2.45, 2.75) is 23.1 Å². The fourth-order valence-corrected chi connectivity index (χ4v) is 4.82. The number of nitro benzene ring substituents is 1. The van der Waals surface area contributed by atoms with Crippen LogP contribution in [0.4, 0.5) is 11.4 Å². The number of rotatable bonds is 9. The van der Waals surface area contributed by atoms with E-state index in [2.05, 4.69) is 10.3 Å². The summed E-state index contributed by atoms with van der Waals surface area (Å²) in [6, 6.07) is 11.2. The Morgan fingerprint density at radius 2 is 2.06 bits per heavy atom. The first-order chi connectivity index (χ1) is 15.8. The smallest absolute Gasteiger partial charge is 0.284 e. The maximum absolute atomic E-state index is 13.0. The van der Waals surface area contributed by atoms with Gasteiger partial charge in [0.25, 0.3) is 11.6 Å². The van der Waals surface area contributed by atoms with E-state index in [-0.39, 0.29) is 30.2 Å². The fraction of sp³-hybridized carbons (Fsp3) is 0.227. The van der Waals surface area contributed by atoms with Crippen molar-refractivity contribution in [2.75, 3.05) is 25.5 Å². The molecule has 2 amide bonds. The highest BCUT2D eigenvalue weighted by Gasteiger charge is 2.23. The maximum atomic E-state index is 13.0. The number of aromatic nitrogens is 1. The quantitative estimate of drug-likeness (QED) is 0.347. The minimum absolute atomic E-state index is 0.136. The van der Waals surface area contributed by atoms with Gasteiger partial charge in [-0.3, -0.25) is 19.7 Å². The summed E-state index contributed by atoms with van der Waals surface area (Å²) >= 11 is 2.57. The molecule has 11 heteroatoms. The molecule has 3 rings (SSSR count). The molecule has 0 bridgehead atoms. The van der Waals surface area contributed by atoms with E-state index in [9.17, 15) is 19.7 Å². The third-order valence-electron chi connectivity index (χ3n) is 4.55. The number of nitrogens with zero attached hydrogens (tertiary/aromatic N) is 3. The molecular formula is C22H22N4O5S2. The molecule has 0 radical (unpaired) electrons. The van der Waals surface area contributed by atoms with Crippen LogP contribution < -0.4 is 10.1 Å². The van der Waals surface area contributed by atoms with Crippen molar-refractivity contribution in [3.8, 4) is 5.75 Å². The van der Waals surface area contributed by atoms with Crippen LogP contribution in [0.5, 0.6) is 5.75 Å². The molecule has 0 atom stereocenters. The van der Waals surface area contributed by atoms with Crippen LogP contribution in [0.3, 0.4) is 0 Å². The molecule has 2 aromatic carbocycles. The highest BCUT2D eigenvalue weighted by atomic mass is 32.2. The summed E-state index contributed by atoms with van der Waals surface area (Å²) in [5, 5.41) is 16.2. The van der Waals surface area contributed by atoms with Crippen LogP contribution in [0.2, 0.25) is 0 Å². The predicted octanol–water partition coefficient (Wildman–Crippen LogP) is 4.62. The van der Waals surface area contributed by atoms with E-state index in [1.54, 1.807) is 31.2 Å². The molecule has 0 aliphatic carbocycles. The van der Waals surface area contributed by atoms with Gasteiger partial charge in [-0.25, -0.2) is 4.98 Å². The van der Waals surface area contributed by atoms with Crippen molar-refractivity contribution in [2.24, 2.45) is 0 Å². The summed E-state index contributed by atoms with van der Waals surface area (Å²) < 4.78 is 5.82. The number of ether oxygens (including phenoxy) is 1. The average molecular weight is 487 g/mol. The summed E-state index contributed by atoms with van der Waals surface area (Å²) in [6.07, 6.45) is 0. The van der Waals surface area contributed by atoms with Crippen LogP contribution in [-0.2, 0) is 4.79 Å². The van der Waals surface area contributed by atoms with Gasteiger partial charge in [-0.1, -0.05) is 17.8 Å². The molecule has 9 nitrogen and oxygen atoms in total. The lowest BCUT2D eigenvalue weighted by Gasteiger charge is -2.20. The summed E-state index contributed by atoms with van der Waals surface area (Å²) in [5.74, 6) is -0.267. The van der Waals surface area contributed by atoms with Crippen molar-refractivity contribution in [1.82, 2.24) is 9.88 Å². The molecule has 33 heavy (non-hydrogen) atoms. The molecule has 0 saturated carbocycles. The van der Waals surface area contributed by atoms with Gasteiger partial charge in [-0.2, -0.15) is 0 Å². The number of likely N-dealkylation sites (N-methyl/N-ethyl adjacent to an activating group) is 1. The number of nitro groups is 1. The van der Waals surface area contributed by atoms with Crippen molar-refractivity contribution in [3.05, 3.63) is 69.2 Å². The highest BCUT2D eigenvalue weighted by molar-refractivity contribution is 8.01.